The normalized spacial score (nSPS) is 22.6. The lowest BCUT2D eigenvalue weighted by molar-refractivity contribution is -0.00869. The summed E-state index contributed by atoms with van der Waals surface area (Å²) >= 11 is 0. The van der Waals surface area contributed by atoms with Gasteiger partial charge in [-0.1, -0.05) is 0 Å². The van der Waals surface area contributed by atoms with E-state index in [1.807, 2.05) is 6.92 Å². The standard InChI is InChI=1S/C12H20N4O2/c1-4-18-9-5-8(6-9)14-12(17)11-10(13)7(2)15-16(11)3/h8-9H,4-6,13H2,1-3H3,(H,14,17). The third kappa shape index (κ3) is 2.33. The molecule has 1 aromatic rings. The summed E-state index contributed by atoms with van der Waals surface area (Å²) in [5.74, 6) is -0.157. The number of aromatic nitrogens is 2. The second-order valence-electron chi connectivity index (χ2n) is 4.69. The second kappa shape index (κ2) is 4.97. The first-order valence-electron chi connectivity index (χ1n) is 6.24. The van der Waals surface area contributed by atoms with Gasteiger partial charge in [0.25, 0.3) is 5.91 Å². The summed E-state index contributed by atoms with van der Waals surface area (Å²) in [6.45, 7) is 4.49. The highest BCUT2D eigenvalue weighted by molar-refractivity contribution is 5.98. The molecule has 1 amide bonds. The summed E-state index contributed by atoms with van der Waals surface area (Å²) in [6.07, 6.45) is 2.03. The first-order chi connectivity index (χ1) is 8.52. The average Bonchev–Trinajstić information content (AvgIpc) is 2.50. The zero-order valence-electron chi connectivity index (χ0n) is 11.1. The molecule has 1 saturated carbocycles. The van der Waals surface area contributed by atoms with Crippen LogP contribution in [0.1, 0.15) is 35.9 Å². The Morgan fingerprint density at radius 3 is 2.78 bits per heavy atom. The van der Waals surface area contributed by atoms with Crippen LogP contribution in [0.5, 0.6) is 0 Å². The molecule has 1 aromatic heterocycles. The van der Waals surface area contributed by atoms with Gasteiger partial charge in [-0.15, -0.1) is 0 Å². The van der Waals surface area contributed by atoms with Crippen LogP contribution in [0.25, 0.3) is 0 Å². The maximum absolute atomic E-state index is 12.1. The molecular weight excluding hydrogens is 232 g/mol. The van der Waals surface area contributed by atoms with E-state index in [4.69, 9.17) is 10.5 Å². The number of hydrogen-bond donors (Lipinski definition) is 2. The lowest BCUT2D eigenvalue weighted by Crippen LogP contribution is -2.48. The molecule has 100 valence electrons. The molecule has 0 atom stereocenters. The number of hydrogen-bond acceptors (Lipinski definition) is 4. The van der Waals surface area contributed by atoms with Crippen LogP contribution in [-0.2, 0) is 11.8 Å². The number of rotatable bonds is 4. The van der Waals surface area contributed by atoms with E-state index < -0.39 is 0 Å². The van der Waals surface area contributed by atoms with Crippen molar-refractivity contribution in [1.82, 2.24) is 15.1 Å². The van der Waals surface area contributed by atoms with Gasteiger partial charge in [0.2, 0.25) is 0 Å². The molecule has 0 bridgehead atoms. The molecule has 6 heteroatoms. The fourth-order valence-electron chi connectivity index (χ4n) is 2.25. The number of nitrogens with two attached hydrogens (primary N) is 1. The third-order valence-electron chi connectivity index (χ3n) is 3.32. The summed E-state index contributed by atoms with van der Waals surface area (Å²) in [5.41, 5.74) is 7.42. The molecule has 1 fully saturated rings. The minimum absolute atomic E-state index is 0.157. The highest BCUT2D eigenvalue weighted by atomic mass is 16.5. The van der Waals surface area contributed by atoms with Crippen molar-refractivity contribution in [1.29, 1.82) is 0 Å². The number of aryl methyl sites for hydroxylation is 2. The van der Waals surface area contributed by atoms with E-state index >= 15 is 0 Å². The molecular formula is C12H20N4O2. The summed E-state index contributed by atoms with van der Waals surface area (Å²) in [4.78, 5) is 12.1. The number of amides is 1. The number of nitrogens with one attached hydrogen (secondary N) is 1. The van der Waals surface area contributed by atoms with Gasteiger partial charge in [-0.05, 0) is 26.7 Å². The molecule has 0 saturated heterocycles. The molecule has 2 rings (SSSR count). The fourth-order valence-corrected chi connectivity index (χ4v) is 2.25. The van der Waals surface area contributed by atoms with Gasteiger partial charge in [-0.25, -0.2) is 0 Å². The van der Waals surface area contributed by atoms with Crippen molar-refractivity contribution in [2.75, 3.05) is 12.3 Å². The van der Waals surface area contributed by atoms with E-state index in [9.17, 15) is 4.79 Å². The highest BCUT2D eigenvalue weighted by Gasteiger charge is 2.32. The number of ether oxygens (including phenoxy) is 1. The molecule has 0 aromatic carbocycles. The molecule has 18 heavy (non-hydrogen) atoms. The van der Waals surface area contributed by atoms with Crippen LogP contribution >= 0.6 is 0 Å². The van der Waals surface area contributed by atoms with Gasteiger partial charge in [0.05, 0.1) is 17.5 Å². The Hall–Kier alpha value is -1.56. The number of nitrogens with zero attached hydrogens (tertiary/aromatic N) is 2. The SMILES string of the molecule is CCOC1CC(NC(=O)c2c(N)c(C)nn2C)C1. The molecule has 0 spiro atoms. The van der Waals surface area contributed by atoms with Gasteiger partial charge in [-0.2, -0.15) is 5.10 Å². The minimum Gasteiger partial charge on any atom is -0.395 e. The Labute approximate surface area is 106 Å². The minimum atomic E-state index is -0.157. The molecule has 6 nitrogen and oxygen atoms in total. The van der Waals surface area contributed by atoms with E-state index in [0.717, 1.165) is 19.4 Å². The number of carbonyl (C=O) groups excluding carboxylic acids is 1. The molecule has 0 unspecified atom stereocenters. The number of carbonyl (C=O) groups is 1. The van der Waals surface area contributed by atoms with E-state index in [2.05, 4.69) is 10.4 Å². The van der Waals surface area contributed by atoms with Crippen LogP contribution in [-0.4, -0.2) is 34.4 Å². The van der Waals surface area contributed by atoms with Gasteiger partial charge in [0, 0.05) is 19.7 Å². The Bertz CT molecular complexity index is 449. The first kappa shape index (κ1) is 12.9. The van der Waals surface area contributed by atoms with E-state index in [1.54, 1.807) is 14.0 Å². The molecule has 3 N–H and O–H groups in total. The van der Waals surface area contributed by atoms with Crippen LogP contribution in [0.15, 0.2) is 0 Å². The predicted molar refractivity (Wildman–Crippen MR) is 68.3 cm³/mol. The molecule has 1 aliphatic carbocycles. The maximum atomic E-state index is 12.1. The quantitative estimate of drug-likeness (QED) is 0.822. The van der Waals surface area contributed by atoms with Gasteiger partial charge < -0.3 is 15.8 Å². The zero-order valence-corrected chi connectivity index (χ0v) is 11.1. The van der Waals surface area contributed by atoms with Gasteiger partial charge in [0.15, 0.2) is 0 Å². The smallest absolute Gasteiger partial charge is 0.271 e. The van der Waals surface area contributed by atoms with Crippen molar-refractivity contribution in [3.05, 3.63) is 11.4 Å². The van der Waals surface area contributed by atoms with Crippen LogP contribution in [0.4, 0.5) is 5.69 Å². The molecule has 1 aliphatic rings. The Morgan fingerprint density at radius 2 is 2.28 bits per heavy atom. The predicted octanol–water partition coefficient (Wildman–Crippen LogP) is 0.608. The van der Waals surface area contributed by atoms with Crippen LogP contribution in [0.3, 0.4) is 0 Å². The second-order valence-corrected chi connectivity index (χ2v) is 4.69. The van der Waals surface area contributed by atoms with Crippen LogP contribution in [0, 0.1) is 6.92 Å². The number of anilines is 1. The van der Waals surface area contributed by atoms with Crippen LogP contribution < -0.4 is 11.1 Å². The Balaban J connectivity index is 1.93. The van der Waals surface area contributed by atoms with Crippen molar-refractivity contribution < 1.29 is 9.53 Å². The van der Waals surface area contributed by atoms with E-state index in [-0.39, 0.29) is 18.1 Å². The molecule has 1 heterocycles. The van der Waals surface area contributed by atoms with Gasteiger partial charge >= 0.3 is 0 Å². The largest absolute Gasteiger partial charge is 0.395 e. The summed E-state index contributed by atoms with van der Waals surface area (Å²) in [5, 5.41) is 7.09. The summed E-state index contributed by atoms with van der Waals surface area (Å²) in [7, 11) is 1.72. The fraction of sp³-hybridized carbons (Fsp3) is 0.667. The van der Waals surface area contributed by atoms with E-state index in [0.29, 0.717) is 17.1 Å². The summed E-state index contributed by atoms with van der Waals surface area (Å²) in [6, 6.07) is 0.184. The van der Waals surface area contributed by atoms with Gasteiger partial charge in [-0.3, -0.25) is 9.48 Å². The van der Waals surface area contributed by atoms with Crippen molar-refractivity contribution in [3.63, 3.8) is 0 Å². The topological polar surface area (TPSA) is 82.2 Å². The highest BCUT2D eigenvalue weighted by Crippen LogP contribution is 2.24. The number of nitrogen functional groups attached to an aromatic ring is 1. The average molecular weight is 252 g/mol. The summed E-state index contributed by atoms with van der Waals surface area (Å²) < 4.78 is 6.98. The molecule has 0 aliphatic heterocycles. The maximum Gasteiger partial charge on any atom is 0.271 e. The van der Waals surface area contributed by atoms with Crippen molar-refractivity contribution in [2.45, 2.75) is 38.8 Å². The van der Waals surface area contributed by atoms with Crippen LogP contribution in [0.2, 0.25) is 0 Å². The first-order valence-corrected chi connectivity index (χ1v) is 6.24. The lowest BCUT2D eigenvalue weighted by Gasteiger charge is -2.35. The third-order valence-corrected chi connectivity index (χ3v) is 3.32. The van der Waals surface area contributed by atoms with Gasteiger partial charge in [0.1, 0.15) is 5.69 Å². The van der Waals surface area contributed by atoms with Crippen molar-refractivity contribution in [2.24, 2.45) is 7.05 Å². The van der Waals surface area contributed by atoms with E-state index in [1.165, 1.54) is 4.68 Å². The van der Waals surface area contributed by atoms with Crippen molar-refractivity contribution >= 4 is 11.6 Å². The monoisotopic (exact) mass is 252 g/mol. The zero-order chi connectivity index (χ0) is 13.3. The Morgan fingerprint density at radius 1 is 1.61 bits per heavy atom. The van der Waals surface area contributed by atoms with Crippen molar-refractivity contribution in [3.8, 4) is 0 Å². The lowest BCUT2D eigenvalue weighted by atomic mass is 9.89. The molecule has 0 radical (unpaired) electrons. The Kier molecular flexibility index (Phi) is 3.56.